The van der Waals surface area contributed by atoms with Crippen LogP contribution in [-0.2, 0) is 5.54 Å². The molecule has 2 saturated carbocycles. The van der Waals surface area contributed by atoms with Crippen molar-refractivity contribution in [3.05, 3.63) is 16.6 Å². The van der Waals surface area contributed by atoms with Gasteiger partial charge in [-0.3, -0.25) is 4.98 Å². The Balaban J connectivity index is 1.92. The molecule has 0 bridgehead atoms. The lowest BCUT2D eigenvalue weighted by Gasteiger charge is -2.06. The van der Waals surface area contributed by atoms with Crippen molar-refractivity contribution < 1.29 is 0 Å². The largest absolute Gasteiger partial charge is 0.320 e. The third-order valence-corrected chi connectivity index (χ3v) is 4.68. The summed E-state index contributed by atoms with van der Waals surface area (Å²) in [6.07, 6.45) is 7.37. The van der Waals surface area contributed by atoms with Crippen molar-refractivity contribution in [1.29, 1.82) is 0 Å². The van der Waals surface area contributed by atoms with Gasteiger partial charge in [-0.05, 0) is 24.7 Å². The van der Waals surface area contributed by atoms with E-state index in [0.29, 0.717) is 0 Å². The van der Waals surface area contributed by atoms with Crippen LogP contribution in [0.25, 0.3) is 0 Å². The molecule has 2 unspecified atom stereocenters. The lowest BCUT2D eigenvalue weighted by molar-refractivity contribution is 0.480. The van der Waals surface area contributed by atoms with Crippen molar-refractivity contribution in [2.45, 2.75) is 31.2 Å². The lowest BCUT2D eigenvalue weighted by Crippen LogP contribution is -2.22. The Morgan fingerprint density at radius 2 is 2.08 bits per heavy atom. The van der Waals surface area contributed by atoms with Gasteiger partial charge in [-0.1, -0.05) is 12.8 Å². The number of nitrogens with zero attached hydrogens (tertiary/aromatic N) is 1. The fourth-order valence-electron chi connectivity index (χ4n) is 2.97. The first-order valence-electron chi connectivity index (χ1n) is 5.01. The van der Waals surface area contributed by atoms with E-state index in [1.165, 1.54) is 30.6 Å². The minimum Gasteiger partial charge on any atom is -0.320 e. The van der Waals surface area contributed by atoms with Crippen LogP contribution in [0.4, 0.5) is 0 Å². The summed E-state index contributed by atoms with van der Waals surface area (Å²) in [4.78, 5) is 5.43. The zero-order valence-corrected chi connectivity index (χ0v) is 8.39. The van der Waals surface area contributed by atoms with E-state index in [9.17, 15) is 0 Å². The molecule has 70 valence electrons. The molecule has 0 amide bonds. The van der Waals surface area contributed by atoms with Crippen LogP contribution >= 0.6 is 11.3 Å². The second-order valence-corrected chi connectivity index (χ2v) is 5.18. The molecule has 3 rings (SSSR count). The summed E-state index contributed by atoms with van der Waals surface area (Å²) in [7, 11) is 0. The Hall–Kier alpha value is -0.410. The van der Waals surface area contributed by atoms with Gasteiger partial charge in [0.1, 0.15) is 0 Å². The van der Waals surface area contributed by atoms with Crippen molar-refractivity contribution in [3.63, 3.8) is 0 Å². The van der Waals surface area contributed by atoms with E-state index in [4.69, 9.17) is 5.73 Å². The topological polar surface area (TPSA) is 38.9 Å². The maximum Gasteiger partial charge on any atom is 0.0794 e. The molecule has 1 aromatic heterocycles. The quantitative estimate of drug-likeness (QED) is 0.743. The van der Waals surface area contributed by atoms with Gasteiger partial charge in [-0.25, -0.2) is 0 Å². The molecule has 0 radical (unpaired) electrons. The van der Waals surface area contributed by atoms with Crippen LogP contribution in [0.2, 0.25) is 0 Å². The molecule has 0 spiro atoms. The Morgan fingerprint density at radius 1 is 1.38 bits per heavy atom. The molecule has 13 heavy (non-hydrogen) atoms. The molecule has 2 aliphatic rings. The van der Waals surface area contributed by atoms with Crippen LogP contribution < -0.4 is 5.73 Å². The lowest BCUT2D eigenvalue weighted by atomic mass is 10.0. The van der Waals surface area contributed by atoms with Crippen LogP contribution in [0.3, 0.4) is 0 Å². The molecular weight excluding hydrogens is 180 g/mol. The normalized spacial score (nSPS) is 42.8. The molecule has 3 heteroatoms. The predicted molar refractivity (Wildman–Crippen MR) is 53.4 cm³/mol. The van der Waals surface area contributed by atoms with E-state index in [0.717, 1.165) is 11.8 Å². The van der Waals surface area contributed by atoms with Gasteiger partial charge in [-0.15, -0.1) is 11.3 Å². The minimum atomic E-state index is 0.0255. The number of hydrogen-bond acceptors (Lipinski definition) is 3. The van der Waals surface area contributed by atoms with Crippen molar-refractivity contribution in [1.82, 2.24) is 4.98 Å². The number of hydrogen-bond donors (Lipinski definition) is 1. The van der Waals surface area contributed by atoms with Crippen molar-refractivity contribution >= 4 is 11.3 Å². The minimum absolute atomic E-state index is 0.0255. The first-order valence-corrected chi connectivity index (χ1v) is 5.89. The Bertz CT molecular complexity index is 295. The third-order valence-electron chi connectivity index (χ3n) is 3.74. The third kappa shape index (κ3) is 0.945. The summed E-state index contributed by atoms with van der Waals surface area (Å²) in [6, 6.07) is 0. The summed E-state index contributed by atoms with van der Waals surface area (Å²) < 4.78 is 0. The zero-order valence-electron chi connectivity index (χ0n) is 7.57. The van der Waals surface area contributed by atoms with Crippen molar-refractivity contribution in [2.24, 2.45) is 17.6 Å². The SMILES string of the molecule is NC1(c2cncs2)C2CCCCC21. The maximum absolute atomic E-state index is 6.43. The molecule has 2 atom stereocenters. The molecule has 1 heterocycles. The van der Waals surface area contributed by atoms with E-state index >= 15 is 0 Å². The van der Waals surface area contributed by atoms with E-state index < -0.39 is 0 Å². The molecular formula is C10H14N2S. The maximum atomic E-state index is 6.43. The van der Waals surface area contributed by atoms with E-state index in [1.807, 2.05) is 11.7 Å². The Kier molecular flexibility index (Phi) is 1.56. The van der Waals surface area contributed by atoms with Gasteiger partial charge in [-0.2, -0.15) is 0 Å². The number of aromatic nitrogens is 1. The highest BCUT2D eigenvalue weighted by Gasteiger charge is 2.63. The molecule has 0 aromatic carbocycles. The summed E-state index contributed by atoms with van der Waals surface area (Å²) in [6.45, 7) is 0. The summed E-state index contributed by atoms with van der Waals surface area (Å²) >= 11 is 1.72. The molecule has 0 aliphatic heterocycles. The zero-order chi connectivity index (χ0) is 8.89. The highest BCUT2D eigenvalue weighted by atomic mass is 32.1. The second kappa shape index (κ2) is 2.55. The average molecular weight is 194 g/mol. The first-order chi connectivity index (χ1) is 6.33. The van der Waals surface area contributed by atoms with E-state index in [1.54, 1.807) is 11.3 Å². The van der Waals surface area contributed by atoms with Gasteiger partial charge >= 0.3 is 0 Å². The molecule has 2 N–H and O–H groups in total. The standard InChI is InChI=1S/C10H14N2S/c11-10(9-5-12-6-13-9)7-3-1-2-4-8(7)10/h5-8H,1-4,11H2. The highest BCUT2D eigenvalue weighted by Crippen LogP contribution is 2.63. The molecule has 0 saturated heterocycles. The molecule has 2 nitrogen and oxygen atoms in total. The van der Waals surface area contributed by atoms with Crippen molar-refractivity contribution in [2.75, 3.05) is 0 Å². The number of thiazole rings is 1. The van der Waals surface area contributed by atoms with Crippen LogP contribution in [0.5, 0.6) is 0 Å². The van der Waals surface area contributed by atoms with Crippen LogP contribution in [-0.4, -0.2) is 4.98 Å². The van der Waals surface area contributed by atoms with Crippen LogP contribution in [0.1, 0.15) is 30.6 Å². The first kappa shape index (κ1) is 7.94. The van der Waals surface area contributed by atoms with Gasteiger partial charge in [0.15, 0.2) is 0 Å². The van der Waals surface area contributed by atoms with E-state index in [2.05, 4.69) is 4.98 Å². The predicted octanol–water partition coefficient (Wildman–Crippen LogP) is 2.12. The van der Waals surface area contributed by atoms with Gasteiger partial charge < -0.3 is 5.73 Å². The van der Waals surface area contributed by atoms with Crippen molar-refractivity contribution in [3.8, 4) is 0 Å². The van der Waals surface area contributed by atoms with Gasteiger partial charge in [0.2, 0.25) is 0 Å². The summed E-state index contributed by atoms with van der Waals surface area (Å²) in [5.74, 6) is 1.53. The number of rotatable bonds is 1. The highest BCUT2D eigenvalue weighted by molar-refractivity contribution is 7.09. The molecule has 2 aliphatic carbocycles. The van der Waals surface area contributed by atoms with Crippen LogP contribution in [0, 0.1) is 11.8 Å². The Morgan fingerprint density at radius 3 is 2.62 bits per heavy atom. The van der Waals surface area contributed by atoms with Gasteiger partial charge in [0.25, 0.3) is 0 Å². The Labute approximate surface area is 82.2 Å². The molecule has 2 fully saturated rings. The average Bonchev–Trinajstić information content (AvgIpc) is 2.62. The smallest absolute Gasteiger partial charge is 0.0794 e. The molecule has 1 aromatic rings. The van der Waals surface area contributed by atoms with E-state index in [-0.39, 0.29) is 5.54 Å². The monoisotopic (exact) mass is 194 g/mol. The van der Waals surface area contributed by atoms with Gasteiger partial charge in [0.05, 0.1) is 11.0 Å². The van der Waals surface area contributed by atoms with Gasteiger partial charge in [0, 0.05) is 11.1 Å². The number of nitrogens with two attached hydrogens (primary N) is 1. The van der Waals surface area contributed by atoms with Crippen LogP contribution in [0.15, 0.2) is 11.7 Å². The second-order valence-electron chi connectivity index (χ2n) is 4.30. The fourth-order valence-corrected chi connectivity index (χ4v) is 3.83. The fraction of sp³-hybridized carbons (Fsp3) is 0.700. The summed E-state index contributed by atoms with van der Waals surface area (Å²) in [5, 5.41) is 0. The summed E-state index contributed by atoms with van der Waals surface area (Å²) in [5.41, 5.74) is 8.35. The number of fused-ring (bicyclic) bond motifs is 1.